The molecule has 2 atom stereocenters. The van der Waals surface area contributed by atoms with Crippen molar-refractivity contribution in [3.05, 3.63) is 101 Å². The van der Waals surface area contributed by atoms with E-state index in [1.54, 1.807) is 6.07 Å². The molecule has 0 unspecified atom stereocenters. The van der Waals surface area contributed by atoms with Crippen molar-refractivity contribution in [2.45, 2.75) is 66.1 Å². The molecule has 3 rings (SSSR count). The molecule has 0 saturated carbocycles. The number of carbonyl (C=O) groups excluding carboxylic acids is 2. The highest BCUT2D eigenvalue weighted by Crippen LogP contribution is 2.25. The number of hydrogen-bond donors (Lipinski definition) is 1. The number of carbonyl (C=O) groups is 2. The molecular formula is C32H41N3O4S. The molecule has 0 saturated heterocycles. The van der Waals surface area contributed by atoms with Gasteiger partial charge < -0.3 is 10.2 Å². The van der Waals surface area contributed by atoms with E-state index < -0.39 is 28.5 Å². The number of sulfonamides is 1. The molecule has 0 aliphatic carbocycles. The number of anilines is 1. The minimum absolute atomic E-state index is 0.0795. The van der Waals surface area contributed by atoms with Crippen LogP contribution in [0.3, 0.4) is 0 Å². The second kappa shape index (κ2) is 13.6. The summed E-state index contributed by atoms with van der Waals surface area (Å²) in [5.74, 6) is -0.718. The molecule has 0 spiro atoms. The lowest BCUT2D eigenvalue weighted by molar-refractivity contribution is -0.140. The van der Waals surface area contributed by atoms with Crippen molar-refractivity contribution in [3.63, 3.8) is 0 Å². The van der Waals surface area contributed by atoms with E-state index in [0.29, 0.717) is 12.1 Å². The molecule has 0 radical (unpaired) electrons. The maximum Gasteiger partial charge on any atom is 0.244 e. The van der Waals surface area contributed by atoms with E-state index in [4.69, 9.17) is 0 Å². The molecule has 0 heterocycles. The van der Waals surface area contributed by atoms with E-state index in [-0.39, 0.29) is 18.5 Å². The van der Waals surface area contributed by atoms with Crippen LogP contribution in [0.25, 0.3) is 0 Å². The van der Waals surface area contributed by atoms with Gasteiger partial charge in [0.25, 0.3) is 0 Å². The summed E-state index contributed by atoms with van der Waals surface area (Å²) >= 11 is 0. The van der Waals surface area contributed by atoms with Crippen molar-refractivity contribution < 1.29 is 18.0 Å². The normalized spacial score (nSPS) is 12.8. The molecule has 2 amide bonds. The minimum Gasteiger partial charge on any atom is -0.352 e. The number of nitrogens with zero attached hydrogens (tertiary/aromatic N) is 2. The number of hydrogen-bond acceptors (Lipinski definition) is 4. The Hall–Kier alpha value is -3.65. The first-order chi connectivity index (χ1) is 18.9. The monoisotopic (exact) mass is 563 g/mol. The van der Waals surface area contributed by atoms with Gasteiger partial charge in [0.2, 0.25) is 21.8 Å². The van der Waals surface area contributed by atoms with Crippen LogP contribution in [0.2, 0.25) is 0 Å². The van der Waals surface area contributed by atoms with Gasteiger partial charge in [-0.05, 0) is 62.4 Å². The lowest BCUT2D eigenvalue weighted by Gasteiger charge is -2.34. The third-order valence-electron chi connectivity index (χ3n) is 7.02. The topological polar surface area (TPSA) is 86.8 Å². The van der Waals surface area contributed by atoms with Crippen LogP contribution in [0.5, 0.6) is 0 Å². The van der Waals surface area contributed by atoms with E-state index >= 15 is 0 Å². The molecule has 8 heteroatoms. The van der Waals surface area contributed by atoms with Crippen LogP contribution in [0, 0.1) is 20.8 Å². The second-order valence-corrected chi connectivity index (χ2v) is 12.5. The van der Waals surface area contributed by atoms with E-state index in [0.717, 1.165) is 44.8 Å². The molecule has 0 aromatic heterocycles. The Morgan fingerprint density at radius 2 is 1.52 bits per heavy atom. The molecule has 214 valence electrons. The molecule has 7 nitrogen and oxygen atoms in total. The number of rotatable bonds is 12. The fraction of sp³-hybridized carbons (Fsp3) is 0.375. The quantitative estimate of drug-likeness (QED) is 0.339. The van der Waals surface area contributed by atoms with E-state index in [1.165, 1.54) is 4.90 Å². The van der Waals surface area contributed by atoms with Crippen molar-refractivity contribution in [1.29, 1.82) is 0 Å². The van der Waals surface area contributed by atoms with Crippen molar-refractivity contribution >= 4 is 27.5 Å². The van der Waals surface area contributed by atoms with Gasteiger partial charge in [-0.3, -0.25) is 13.9 Å². The average Bonchev–Trinajstić information content (AvgIpc) is 2.90. The molecule has 3 aromatic carbocycles. The Labute approximate surface area is 239 Å². The number of aryl methyl sites for hydroxylation is 3. The summed E-state index contributed by atoms with van der Waals surface area (Å²) in [6, 6.07) is 21.9. The maximum atomic E-state index is 14.2. The largest absolute Gasteiger partial charge is 0.352 e. The molecule has 0 aliphatic rings. The molecule has 1 N–H and O–H groups in total. The van der Waals surface area contributed by atoms with Crippen LogP contribution in [0.1, 0.15) is 48.1 Å². The van der Waals surface area contributed by atoms with E-state index in [1.807, 2.05) is 101 Å². The van der Waals surface area contributed by atoms with Gasteiger partial charge in [0, 0.05) is 19.0 Å². The van der Waals surface area contributed by atoms with E-state index in [9.17, 15) is 18.0 Å². The van der Waals surface area contributed by atoms with Crippen LogP contribution < -0.4 is 9.62 Å². The standard InChI is InChI=1S/C32H41N3O4S/c1-7-26(5)33-32(37)30(20-27-13-9-8-10-14-27)34(21-28-15-11-12-23(2)18-28)31(36)22-35(40(6,38)39)29-19-24(3)16-17-25(29)4/h8-19,26,30H,7,20-22H2,1-6H3,(H,33,37)/t26-,30+/m0/s1. The molecule has 0 bridgehead atoms. The van der Waals surface area contributed by atoms with Gasteiger partial charge in [-0.1, -0.05) is 79.2 Å². The van der Waals surface area contributed by atoms with Crippen LogP contribution in [-0.4, -0.2) is 50.0 Å². The SMILES string of the molecule is CC[C@H](C)NC(=O)[C@@H](Cc1ccccc1)N(Cc1cccc(C)c1)C(=O)CN(c1cc(C)ccc1C)S(C)(=O)=O. The van der Waals surface area contributed by atoms with Gasteiger partial charge in [0.15, 0.2) is 0 Å². The van der Waals surface area contributed by atoms with E-state index in [2.05, 4.69) is 5.32 Å². The Morgan fingerprint density at radius 3 is 2.15 bits per heavy atom. The highest BCUT2D eigenvalue weighted by atomic mass is 32.2. The fourth-order valence-electron chi connectivity index (χ4n) is 4.59. The first-order valence-corrected chi connectivity index (χ1v) is 15.5. The third-order valence-corrected chi connectivity index (χ3v) is 8.15. The van der Waals surface area contributed by atoms with Crippen molar-refractivity contribution in [3.8, 4) is 0 Å². The van der Waals surface area contributed by atoms with Crippen LogP contribution >= 0.6 is 0 Å². The van der Waals surface area contributed by atoms with Gasteiger partial charge in [-0.15, -0.1) is 0 Å². The lowest BCUT2D eigenvalue weighted by Crippen LogP contribution is -2.54. The summed E-state index contributed by atoms with van der Waals surface area (Å²) in [4.78, 5) is 29.5. The summed E-state index contributed by atoms with van der Waals surface area (Å²) in [5, 5.41) is 3.05. The Bertz CT molecular complexity index is 1420. The first kappa shape index (κ1) is 30.9. The Kier molecular flexibility index (Phi) is 10.5. The predicted octanol–water partition coefficient (Wildman–Crippen LogP) is 4.93. The second-order valence-electron chi connectivity index (χ2n) is 10.6. The number of nitrogens with one attached hydrogen (secondary N) is 1. The molecule has 0 aliphatic heterocycles. The van der Waals surface area contributed by atoms with Crippen molar-refractivity contribution in [1.82, 2.24) is 10.2 Å². The molecule has 40 heavy (non-hydrogen) atoms. The number of amides is 2. The first-order valence-electron chi connectivity index (χ1n) is 13.6. The summed E-state index contributed by atoms with van der Waals surface area (Å²) in [7, 11) is -3.81. The van der Waals surface area contributed by atoms with Crippen molar-refractivity contribution in [2.75, 3.05) is 17.1 Å². The zero-order valence-electron chi connectivity index (χ0n) is 24.3. The van der Waals surface area contributed by atoms with Crippen LogP contribution in [-0.2, 0) is 32.6 Å². The van der Waals surface area contributed by atoms with Gasteiger partial charge in [-0.2, -0.15) is 0 Å². The Balaban J connectivity index is 2.09. The van der Waals surface area contributed by atoms with Crippen LogP contribution in [0.4, 0.5) is 5.69 Å². The van der Waals surface area contributed by atoms with Crippen LogP contribution in [0.15, 0.2) is 72.8 Å². The lowest BCUT2D eigenvalue weighted by atomic mass is 10.0. The summed E-state index contributed by atoms with van der Waals surface area (Å²) < 4.78 is 27.2. The number of benzene rings is 3. The Morgan fingerprint density at radius 1 is 0.875 bits per heavy atom. The average molecular weight is 564 g/mol. The van der Waals surface area contributed by atoms with Gasteiger partial charge in [-0.25, -0.2) is 8.42 Å². The minimum atomic E-state index is -3.81. The molecular weight excluding hydrogens is 522 g/mol. The molecule has 0 fully saturated rings. The summed E-state index contributed by atoms with van der Waals surface area (Å²) in [6.45, 7) is 9.33. The highest BCUT2D eigenvalue weighted by molar-refractivity contribution is 7.92. The van der Waals surface area contributed by atoms with Gasteiger partial charge in [0.05, 0.1) is 11.9 Å². The summed E-state index contributed by atoms with van der Waals surface area (Å²) in [5.41, 5.74) is 4.87. The zero-order chi connectivity index (χ0) is 29.4. The van der Waals surface area contributed by atoms with Crippen molar-refractivity contribution in [2.24, 2.45) is 0 Å². The van der Waals surface area contributed by atoms with Gasteiger partial charge in [0.1, 0.15) is 12.6 Å². The smallest absolute Gasteiger partial charge is 0.244 e. The van der Waals surface area contributed by atoms with Gasteiger partial charge >= 0.3 is 0 Å². The highest BCUT2D eigenvalue weighted by Gasteiger charge is 2.33. The maximum absolute atomic E-state index is 14.2. The third kappa shape index (κ3) is 8.42. The fourth-order valence-corrected chi connectivity index (χ4v) is 5.48. The zero-order valence-corrected chi connectivity index (χ0v) is 25.2. The predicted molar refractivity (Wildman–Crippen MR) is 162 cm³/mol. The summed E-state index contributed by atoms with van der Waals surface area (Å²) in [6.07, 6.45) is 2.14. The molecule has 3 aromatic rings.